The third kappa shape index (κ3) is 8.04. The van der Waals surface area contributed by atoms with Gasteiger partial charge in [0.1, 0.15) is 12.1 Å². The van der Waals surface area contributed by atoms with E-state index in [4.69, 9.17) is 20.9 Å². The summed E-state index contributed by atoms with van der Waals surface area (Å²) in [7, 11) is 1.15. The third-order valence-corrected chi connectivity index (χ3v) is 4.67. The first-order valence-corrected chi connectivity index (χ1v) is 9.06. The number of esters is 3. The molecule has 0 aromatic carbocycles. The number of hydrogen-bond acceptors (Lipinski definition) is 9. The van der Waals surface area contributed by atoms with E-state index in [1.54, 1.807) is 13.8 Å². The lowest BCUT2D eigenvalue weighted by atomic mass is 10.00. The molecule has 0 aliphatic heterocycles. The van der Waals surface area contributed by atoms with Crippen molar-refractivity contribution in [2.24, 2.45) is 23.3 Å². The Hall–Kier alpha value is -2.00. The lowest BCUT2D eigenvalue weighted by molar-refractivity contribution is -0.174. The average molecular weight is 388 g/mol. The van der Waals surface area contributed by atoms with Crippen LogP contribution in [-0.4, -0.2) is 55.6 Å². The first-order valence-electron chi connectivity index (χ1n) is 9.06. The number of carbonyl (C=O) groups is 4. The van der Waals surface area contributed by atoms with Crippen LogP contribution in [0.4, 0.5) is 0 Å². The molecule has 0 amide bonds. The van der Waals surface area contributed by atoms with Gasteiger partial charge in [0.15, 0.2) is 18.5 Å². The fourth-order valence-electron chi connectivity index (χ4n) is 2.08. The topological polar surface area (TPSA) is 148 Å². The molecule has 0 aromatic rings. The van der Waals surface area contributed by atoms with E-state index in [1.807, 2.05) is 13.8 Å². The molecule has 0 fully saturated rings. The Kier molecular flexibility index (Phi) is 11.5. The van der Waals surface area contributed by atoms with Gasteiger partial charge in [0.2, 0.25) is 0 Å². The molecule has 9 heteroatoms. The highest BCUT2D eigenvalue weighted by Crippen LogP contribution is 2.15. The van der Waals surface area contributed by atoms with Crippen LogP contribution < -0.4 is 11.5 Å². The van der Waals surface area contributed by atoms with Crippen molar-refractivity contribution < 1.29 is 33.4 Å². The molecule has 0 aliphatic carbocycles. The fourth-order valence-corrected chi connectivity index (χ4v) is 2.08. The second-order valence-electron chi connectivity index (χ2n) is 6.62. The Morgan fingerprint density at radius 2 is 1.37 bits per heavy atom. The number of aldehydes is 1. The molecule has 27 heavy (non-hydrogen) atoms. The highest BCUT2D eigenvalue weighted by molar-refractivity contribution is 5.80. The van der Waals surface area contributed by atoms with Gasteiger partial charge in [0.25, 0.3) is 0 Å². The molecular formula is C18H32N2O7. The van der Waals surface area contributed by atoms with Gasteiger partial charge in [-0.3, -0.25) is 19.2 Å². The van der Waals surface area contributed by atoms with Crippen molar-refractivity contribution >= 4 is 24.2 Å². The quantitative estimate of drug-likeness (QED) is 0.274. The molecule has 4 N–H and O–H groups in total. The molecule has 0 radical (unpaired) electrons. The van der Waals surface area contributed by atoms with E-state index in [0.717, 1.165) is 7.11 Å². The van der Waals surface area contributed by atoms with Crippen molar-refractivity contribution in [1.29, 1.82) is 0 Å². The molecule has 0 saturated carbocycles. The predicted molar refractivity (Wildman–Crippen MR) is 97.3 cm³/mol. The second kappa shape index (κ2) is 12.4. The summed E-state index contributed by atoms with van der Waals surface area (Å²) in [6.45, 7) is 7.24. The third-order valence-electron chi connectivity index (χ3n) is 4.67. The standard InChI is InChI=1S/C18H32N2O7/c1-6-10(3)15(19)17(23)26-12(8-14(22)25-5)13(9-21)27-18(24)16(20)11(4)7-2/h9-13,15-16H,6-8,19-20H2,1-5H3. The zero-order valence-corrected chi connectivity index (χ0v) is 16.7. The summed E-state index contributed by atoms with van der Waals surface area (Å²) in [5.41, 5.74) is 11.6. The number of ether oxygens (including phenoxy) is 3. The van der Waals surface area contributed by atoms with Gasteiger partial charge in [0, 0.05) is 0 Å². The molecule has 0 saturated heterocycles. The van der Waals surface area contributed by atoms with E-state index < -0.39 is 48.6 Å². The summed E-state index contributed by atoms with van der Waals surface area (Å²) >= 11 is 0. The van der Waals surface area contributed by atoms with E-state index in [0.29, 0.717) is 12.8 Å². The van der Waals surface area contributed by atoms with Gasteiger partial charge in [-0.25, -0.2) is 0 Å². The minimum Gasteiger partial charge on any atom is -0.469 e. The summed E-state index contributed by atoms with van der Waals surface area (Å²) in [6, 6.07) is -1.89. The first-order chi connectivity index (χ1) is 12.6. The van der Waals surface area contributed by atoms with Gasteiger partial charge in [-0.05, 0) is 11.8 Å². The normalized spacial score (nSPS) is 17.6. The summed E-state index contributed by atoms with van der Waals surface area (Å²) in [5, 5.41) is 0. The molecule has 0 heterocycles. The zero-order chi connectivity index (χ0) is 21.1. The Bertz CT molecular complexity index is 512. The molecule has 0 bridgehead atoms. The predicted octanol–water partition coefficient (Wildman–Crippen LogP) is 0.319. The van der Waals surface area contributed by atoms with Gasteiger partial charge < -0.3 is 25.7 Å². The van der Waals surface area contributed by atoms with Gasteiger partial charge in [-0.15, -0.1) is 0 Å². The van der Waals surface area contributed by atoms with Crippen LogP contribution in [0.2, 0.25) is 0 Å². The lowest BCUT2D eigenvalue weighted by Gasteiger charge is -2.26. The maximum absolute atomic E-state index is 12.2. The van der Waals surface area contributed by atoms with E-state index in [1.165, 1.54) is 0 Å². The number of carbonyl (C=O) groups excluding carboxylic acids is 4. The molecule has 6 unspecified atom stereocenters. The van der Waals surface area contributed by atoms with Crippen LogP contribution in [0, 0.1) is 11.8 Å². The number of methoxy groups -OCH3 is 1. The highest BCUT2D eigenvalue weighted by Gasteiger charge is 2.35. The Labute approximate surface area is 160 Å². The number of hydrogen-bond donors (Lipinski definition) is 2. The first kappa shape index (κ1) is 25.0. The van der Waals surface area contributed by atoms with Crippen LogP contribution >= 0.6 is 0 Å². The van der Waals surface area contributed by atoms with Crippen molar-refractivity contribution in [2.45, 2.75) is 71.2 Å². The van der Waals surface area contributed by atoms with E-state index in [-0.39, 0.29) is 18.1 Å². The van der Waals surface area contributed by atoms with Gasteiger partial charge in [-0.1, -0.05) is 40.5 Å². The summed E-state index contributed by atoms with van der Waals surface area (Å²) in [4.78, 5) is 47.5. The summed E-state index contributed by atoms with van der Waals surface area (Å²) < 4.78 is 14.9. The Balaban J connectivity index is 5.32. The largest absolute Gasteiger partial charge is 0.469 e. The van der Waals surface area contributed by atoms with Crippen molar-refractivity contribution in [3.8, 4) is 0 Å². The molecule has 6 atom stereocenters. The Morgan fingerprint density at radius 1 is 0.926 bits per heavy atom. The number of rotatable bonds is 12. The smallest absolute Gasteiger partial charge is 0.324 e. The molecule has 0 spiro atoms. The van der Waals surface area contributed by atoms with Crippen LogP contribution in [0.3, 0.4) is 0 Å². The second-order valence-corrected chi connectivity index (χ2v) is 6.62. The maximum Gasteiger partial charge on any atom is 0.324 e. The monoisotopic (exact) mass is 388 g/mol. The van der Waals surface area contributed by atoms with Crippen molar-refractivity contribution in [3.05, 3.63) is 0 Å². The molecule has 0 aromatic heterocycles. The molecular weight excluding hydrogens is 356 g/mol. The van der Waals surface area contributed by atoms with Crippen LogP contribution in [0.1, 0.15) is 47.0 Å². The van der Waals surface area contributed by atoms with Gasteiger partial charge >= 0.3 is 17.9 Å². The summed E-state index contributed by atoms with van der Waals surface area (Å²) in [6.07, 6.45) is -1.77. The number of nitrogens with two attached hydrogens (primary N) is 2. The van der Waals surface area contributed by atoms with Crippen molar-refractivity contribution in [1.82, 2.24) is 0 Å². The zero-order valence-electron chi connectivity index (χ0n) is 16.7. The average Bonchev–Trinajstić information content (AvgIpc) is 2.68. The minimum atomic E-state index is -1.50. The van der Waals surface area contributed by atoms with Crippen LogP contribution in [0.25, 0.3) is 0 Å². The minimum absolute atomic E-state index is 0.174. The van der Waals surface area contributed by atoms with E-state index >= 15 is 0 Å². The maximum atomic E-state index is 12.2. The molecule has 156 valence electrons. The molecule has 0 aliphatic rings. The SMILES string of the molecule is CCC(C)C(N)C(=O)OC(C=O)C(CC(=O)OC)OC(=O)C(N)C(C)CC. The van der Waals surface area contributed by atoms with Gasteiger partial charge in [0.05, 0.1) is 13.5 Å². The van der Waals surface area contributed by atoms with Crippen LogP contribution in [0.15, 0.2) is 0 Å². The van der Waals surface area contributed by atoms with Crippen LogP contribution in [0.5, 0.6) is 0 Å². The van der Waals surface area contributed by atoms with E-state index in [2.05, 4.69) is 4.74 Å². The Morgan fingerprint density at radius 3 is 1.74 bits per heavy atom. The lowest BCUT2D eigenvalue weighted by Crippen LogP contribution is -2.47. The van der Waals surface area contributed by atoms with Crippen LogP contribution in [-0.2, 0) is 33.4 Å². The van der Waals surface area contributed by atoms with E-state index in [9.17, 15) is 19.2 Å². The molecule has 0 rings (SSSR count). The fraction of sp³-hybridized carbons (Fsp3) is 0.778. The van der Waals surface area contributed by atoms with Gasteiger partial charge in [-0.2, -0.15) is 0 Å². The van der Waals surface area contributed by atoms with Crippen molar-refractivity contribution in [3.63, 3.8) is 0 Å². The summed E-state index contributed by atoms with van der Waals surface area (Å²) in [5.74, 6) is -2.71. The van der Waals surface area contributed by atoms with Crippen molar-refractivity contribution in [2.75, 3.05) is 7.11 Å². The highest BCUT2D eigenvalue weighted by atomic mass is 16.6. The molecule has 9 nitrogen and oxygen atoms in total.